The van der Waals surface area contributed by atoms with Gasteiger partial charge in [-0.15, -0.1) is 0 Å². The van der Waals surface area contributed by atoms with Crippen LogP contribution in [0.5, 0.6) is 5.88 Å². The summed E-state index contributed by atoms with van der Waals surface area (Å²) in [5.74, 6) is 4.89. The van der Waals surface area contributed by atoms with E-state index in [0.29, 0.717) is 5.56 Å². The molecule has 0 aliphatic rings. The highest BCUT2D eigenvalue weighted by Crippen LogP contribution is 2.13. The third-order valence-electron chi connectivity index (χ3n) is 1.45. The number of methoxy groups -OCH3 is 1. The molecule has 1 aromatic rings. The monoisotopic (exact) mass is 206 g/mol. The Morgan fingerprint density at radius 3 is 3.20 bits per heavy atom. The Balaban J connectivity index is 2.94. The van der Waals surface area contributed by atoms with E-state index < -0.39 is 5.82 Å². The minimum absolute atomic E-state index is 0.0240. The predicted molar refractivity (Wildman–Crippen MR) is 51.6 cm³/mol. The van der Waals surface area contributed by atoms with Crippen LogP contribution in [0.15, 0.2) is 17.4 Å². The Bertz CT molecular complexity index is 457. The molecule has 0 aromatic carbocycles. The fraction of sp³-hybridized carbons (Fsp3) is 0.222. The average molecular weight is 206 g/mol. The zero-order chi connectivity index (χ0) is 11.1. The van der Waals surface area contributed by atoms with E-state index in [1.165, 1.54) is 13.2 Å². The molecule has 5 nitrogen and oxygen atoms in total. The quantitative estimate of drug-likeness (QED) is 0.321. The van der Waals surface area contributed by atoms with Crippen LogP contribution in [0.1, 0.15) is 5.56 Å². The normalized spacial score (nSPS) is 8.40. The number of halogens is 1. The molecule has 15 heavy (non-hydrogen) atoms. The van der Waals surface area contributed by atoms with Crippen molar-refractivity contribution in [3.8, 4) is 17.7 Å². The summed E-state index contributed by atoms with van der Waals surface area (Å²) in [7, 11) is 1.42. The van der Waals surface area contributed by atoms with Crippen LogP contribution >= 0.6 is 0 Å². The van der Waals surface area contributed by atoms with E-state index in [0.717, 1.165) is 6.20 Å². The second-order valence-electron chi connectivity index (χ2n) is 2.40. The summed E-state index contributed by atoms with van der Waals surface area (Å²) in [5, 5.41) is 3.22. The van der Waals surface area contributed by atoms with Gasteiger partial charge in [0, 0.05) is 4.91 Å². The zero-order valence-electron chi connectivity index (χ0n) is 7.94. The summed E-state index contributed by atoms with van der Waals surface area (Å²) in [6.07, 6.45) is 1.04. The minimum Gasteiger partial charge on any atom is -0.480 e. The van der Waals surface area contributed by atoms with Crippen LogP contribution in [0.3, 0.4) is 0 Å². The number of nitrogens with zero attached hydrogens (tertiary/aromatic N) is 4. The van der Waals surface area contributed by atoms with Gasteiger partial charge < -0.3 is 4.74 Å². The first-order valence-electron chi connectivity index (χ1n) is 3.97. The van der Waals surface area contributed by atoms with Gasteiger partial charge in [-0.3, -0.25) is 0 Å². The highest BCUT2D eigenvalue weighted by Gasteiger charge is 2.02. The van der Waals surface area contributed by atoms with Crippen LogP contribution < -0.4 is 4.74 Å². The number of hydrogen-bond acceptors (Lipinski definition) is 3. The standard InChI is InChI=1S/C9H7FN4O/c1-15-9-7(3-2-4-13-14-11)5-8(10)6-12-9/h5-6H,4H2,1H3. The van der Waals surface area contributed by atoms with E-state index in [-0.39, 0.29) is 12.4 Å². The van der Waals surface area contributed by atoms with Crippen LogP contribution in [-0.4, -0.2) is 18.6 Å². The molecule has 1 rings (SSSR count). The molecule has 0 radical (unpaired) electrons. The van der Waals surface area contributed by atoms with E-state index in [4.69, 9.17) is 10.3 Å². The largest absolute Gasteiger partial charge is 0.480 e. The lowest BCUT2D eigenvalue weighted by Gasteiger charge is -2.00. The van der Waals surface area contributed by atoms with Gasteiger partial charge in [-0.25, -0.2) is 9.37 Å². The molecule has 0 spiro atoms. The Kier molecular flexibility index (Phi) is 3.95. The first kappa shape index (κ1) is 10.8. The summed E-state index contributed by atoms with van der Waals surface area (Å²) in [4.78, 5) is 6.22. The third-order valence-corrected chi connectivity index (χ3v) is 1.45. The smallest absolute Gasteiger partial charge is 0.229 e. The summed E-state index contributed by atoms with van der Waals surface area (Å²) in [6, 6.07) is 1.20. The van der Waals surface area contributed by atoms with Crippen LogP contribution in [0.4, 0.5) is 4.39 Å². The van der Waals surface area contributed by atoms with Gasteiger partial charge in [-0.05, 0) is 11.6 Å². The van der Waals surface area contributed by atoms with Gasteiger partial charge in [0.2, 0.25) is 5.88 Å². The molecule has 0 N–H and O–H groups in total. The Labute approximate surface area is 85.5 Å². The molecule has 76 valence electrons. The van der Waals surface area contributed by atoms with Crippen LogP contribution in [-0.2, 0) is 0 Å². The van der Waals surface area contributed by atoms with Gasteiger partial charge in [0.25, 0.3) is 0 Å². The molecule has 0 unspecified atom stereocenters. The molecule has 0 aliphatic heterocycles. The molecule has 1 heterocycles. The molecular formula is C9H7FN4O. The minimum atomic E-state index is -0.496. The highest BCUT2D eigenvalue weighted by atomic mass is 19.1. The molecule has 0 bridgehead atoms. The molecule has 0 saturated carbocycles. The molecule has 0 amide bonds. The van der Waals surface area contributed by atoms with Crippen molar-refractivity contribution >= 4 is 0 Å². The van der Waals surface area contributed by atoms with Crippen molar-refractivity contribution in [1.29, 1.82) is 0 Å². The van der Waals surface area contributed by atoms with Crippen LogP contribution in [0, 0.1) is 17.7 Å². The first-order valence-corrected chi connectivity index (χ1v) is 3.97. The van der Waals surface area contributed by atoms with Gasteiger partial charge >= 0.3 is 0 Å². The van der Waals surface area contributed by atoms with Crippen molar-refractivity contribution < 1.29 is 9.13 Å². The van der Waals surface area contributed by atoms with Crippen molar-refractivity contribution in [3.05, 3.63) is 34.1 Å². The van der Waals surface area contributed by atoms with E-state index >= 15 is 0 Å². The summed E-state index contributed by atoms with van der Waals surface area (Å²) < 4.78 is 17.7. The van der Waals surface area contributed by atoms with Gasteiger partial charge in [-0.2, -0.15) is 0 Å². The Morgan fingerprint density at radius 1 is 1.73 bits per heavy atom. The van der Waals surface area contributed by atoms with Gasteiger partial charge in [0.1, 0.15) is 5.82 Å². The lowest BCUT2D eigenvalue weighted by atomic mass is 10.2. The molecule has 1 aromatic heterocycles. The average Bonchev–Trinajstić information content (AvgIpc) is 2.25. The van der Waals surface area contributed by atoms with Crippen molar-refractivity contribution in [3.63, 3.8) is 0 Å². The third kappa shape index (κ3) is 3.18. The molecule has 0 aliphatic carbocycles. The highest BCUT2D eigenvalue weighted by molar-refractivity contribution is 5.41. The molecule has 0 saturated heterocycles. The van der Waals surface area contributed by atoms with Gasteiger partial charge in [0.15, 0.2) is 0 Å². The number of hydrogen-bond donors (Lipinski definition) is 0. The first-order chi connectivity index (χ1) is 7.27. The Morgan fingerprint density at radius 2 is 2.53 bits per heavy atom. The van der Waals surface area contributed by atoms with Gasteiger partial charge in [-0.1, -0.05) is 17.0 Å². The summed E-state index contributed by atoms with van der Waals surface area (Å²) in [5.41, 5.74) is 8.33. The SMILES string of the molecule is COc1ncc(F)cc1C#CCN=[N+]=[N-]. The van der Waals surface area contributed by atoms with Crippen molar-refractivity contribution in [2.45, 2.75) is 0 Å². The maximum absolute atomic E-state index is 12.8. The lowest BCUT2D eigenvalue weighted by Crippen LogP contribution is -1.92. The number of ether oxygens (including phenoxy) is 1. The van der Waals surface area contributed by atoms with Crippen molar-refractivity contribution in [2.75, 3.05) is 13.7 Å². The van der Waals surface area contributed by atoms with E-state index in [9.17, 15) is 4.39 Å². The molecule has 0 atom stereocenters. The van der Waals surface area contributed by atoms with E-state index in [1.54, 1.807) is 0 Å². The van der Waals surface area contributed by atoms with Crippen molar-refractivity contribution in [1.82, 2.24) is 4.98 Å². The second kappa shape index (κ2) is 5.47. The number of azide groups is 1. The van der Waals surface area contributed by atoms with Crippen LogP contribution in [0.25, 0.3) is 10.4 Å². The summed E-state index contributed by atoms with van der Waals surface area (Å²) in [6.45, 7) is 0.0240. The fourth-order valence-corrected chi connectivity index (χ4v) is 0.881. The number of pyridine rings is 1. The lowest BCUT2D eigenvalue weighted by molar-refractivity contribution is 0.394. The summed E-state index contributed by atoms with van der Waals surface area (Å²) >= 11 is 0. The Hall–Kier alpha value is -2.25. The topological polar surface area (TPSA) is 70.9 Å². The number of aromatic nitrogens is 1. The maximum Gasteiger partial charge on any atom is 0.229 e. The molecule has 6 heteroatoms. The molecular weight excluding hydrogens is 199 g/mol. The predicted octanol–water partition coefficient (Wildman–Crippen LogP) is 1.89. The molecule has 0 fully saturated rings. The van der Waals surface area contributed by atoms with Gasteiger partial charge in [0.05, 0.1) is 25.4 Å². The van der Waals surface area contributed by atoms with E-state index in [2.05, 4.69) is 26.9 Å². The fourth-order valence-electron chi connectivity index (χ4n) is 0.881. The second-order valence-corrected chi connectivity index (χ2v) is 2.40. The van der Waals surface area contributed by atoms with Crippen molar-refractivity contribution in [2.24, 2.45) is 5.11 Å². The van der Waals surface area contributed by atoms with Crippen LogP contribution in [0.2, 0.25) is 0 Å². The number of rotatable bonds is 2. The van der Waals surface area contributed by atoms with E-state index in [1.807, 2.05) is 0 Å². The zero-order valence-corrected chi connectivity index (χ0v) is 7.94. The maximum atomic E-state index is 12.8.